The summed E-state index contributed by atoms with van der Waals surface area (Å²) in [6.07, 6.45) is 1.60. The van der Waals surface area contributed by atoms with Gasteiger partial charge in [-0.2, -0.15) is 5.26 Å². The van der Waals surface area contributed by atoms with Crippen molar-refractivity contribution in [2.24, 2.45) is 0 Å². The van der Waals surface area contributed by atoms with E-state index in [4.69, 9.17) is 46.4 Å². The second kappa shape index (κ2) is 15.7. The summed E-state index contributed by atoms with van der Waals surface area (Å²) in [5, 5.41) is 19.9. The molecule has 4 aromatic rings. The molecule has 46 heavy (non-hydrogen) atoms. The summed E-state index contributed by atoms with van der Waals surface area (Å²) in [6.45, 7) is 2.72. The van der Waals surface area contributed by atoms with Crippen molar-refractivity contribution < 1.29 is 9.59 Å². The van der Waals surface area contributed by atoms with Crippen LogP contribution in [0.3, 0.4) is 0 Å². The fourth-order valence-electron chi connectivity index (χ4n) is 5.57. The van der Waals surface area contributed by atoms with Crippen LogP contribution >= 0.6 is 46.4 Å². The van der Waals surface area contributed by atoms with Crippen molar-refractivity contribution in [2.45, 2.75) is 24.8 Å². The Morgan fingerprint density at radius 1 is 0.870 bits per heavy atom. The summed E-state index contributed by atoms with van der Waals surface area (Å²) in [4.78, 5) is 28.0. The Bertz CT molecular complexity index is 1720. The van der Waals surface area contributed by atoms with Crippen LogP contribution in [0, 0.1) is 11.3 Å². The van der Waals surface area contributed by atoms with Gasteiger partial charge in [0.2, 0.25) is 0 Å². The molecule has 1 fully saturated rings. The molecule has 11 heteroatoms. The molecular formula is C35H31Cl4N5O2. The van der Waals surface area contributed by atoms with Gasteiger partial charge >= 0.3 is 6.03 Å². The van der Waals surface area contributed by atoms with Gasteiger partial charge < -0.3 is 20.9 Å². The molecule has 0 saturated carbocycles. The zero-order chi connectivity index (χ0) is 32.6. The molecule has 1 saturated heterocycles. The van der Waals surface area contributed by atoms with Crippen LogP contribution in [0.15, 0.2) is 84.9 Å². The molecule has 1 aliphatic heterocycles. The standard InChI is InChI=1S/C35H31Cl4N5O2/c36-28-13-27(14-29(37)15-28)34(45)42-32-9-11-44(21-32)10-8-26(20-41-35(46)43-33-17-30(38)16-31(39)18-33)24-6-4-23(5-7-24)25-3-1-2-22(12-25)19-40/h1-7,12-18,26,32H,8-11,20-21H2,(H,42,45)(H2,41,43,46). The average Bonchev–Trinajstić information content (AvgIpc) is 3.47. The van der Waals surface area contributed by atoms with E-state index in [0.717, 1.165) is 42.6 Å². The molecule has 1 aliphatic rings. The lowest BCUT2D eigenvalue weighted by molar-refractivity contribution is 0.0937. The average molecular weight is 695 g/mol. The monoisotopic (exact) mass is 693 g/mol. The molecule has 4 aromatic carbocycles. The summed E-state index contributed by atoms with van der Waals surface area (Å²) >= 11 is 24.3. The number of hydrogen-bond acceptors (Lipinski definition) is 4. The summed E-state index contributed by atoms with van der Waals surface area (Å²) in [7, 11) is 0. The van der Waals surface area contributed by atoms with Crippen LogP contribution < -0.4 is 16.0 Å². The van der Waals surface area contributed by atoms with Crippen molar-refractivity contribution in [1.82, 2.24) is 15.5 Å². The van der Waals surface area contributed by atoms with Crippen molar-refractivity contribution in [1.29, 1.82) is 5.26 Å². The highest BCUT2D eigenvalue weighted by Gasteiger charge is 2.25. The van der Waals surface area contributed by atoms with Crippen LogP contribution in [-0.2, 0) is 0 Å². The minimum absolute atomic E-state index is 0.000544. The molecule has 1 heterocycles. The summed E-state index contributed by atoms with van der Waals surface area (Å²) in [5.41, 5.74) is 4.58. The van der Waals surface area contributed by atoms with Gasteiger partial charge in [0.05, 0.1) is 11.6 Å². The number of nitrogens with one attached hydrogen (secondary N) is 3. The molecule has 5 rings (SSSR count). The van der Waals surface area contributed by atoms with E-state index in [1.54, 1.807) is 42.5 Å². The molecule has 0 bridgehead atoms. The van der Waals surface area contributed by atoms with Gasteiger partial charge in [-0.3, -0.25) is 4.79 Å². The third kappa shape index (κ3) is 9.38. The summed E-state index contributed by atoms with van der Waals surface area (Å²) in [5.74, 6) is -0.193. The maximum atomic E-state index is 12.8. The second-order valence-corrected chi connectivity index (χ2v) is 13.0. The summed E-state index contributed by atoms with van der Waals surface area (Å²) < 4.78 is 0. The van der Waals surface area contributed by atoms with Crippen molar-refractivity contribution in [3.8, 4) is 17.2 Å². The largest absolute Gasteiger partial charge is 0.348 e. The summed E-state index contributed by atoms with van der Waals surface area (Å²) in [6, 6.07) is 27.2. The highest BCUT2D eigenvalue weighted by molar-refractivity contribution is 6.35. The molecule has 7 nitrogen and oxygen atoms in total. The minimum Gasteiger partial charge on any atom is -0.348 e. The highest BCUT2D eigenvalue weighted by Crippen LogP contribution is 2.27. The fraction of sp³-hybridized carbons (Fsp3) is 0.229. The first-order chi connectivity index (χ1) is 22.1. The number of halogens is 4. The van der Waals surface area contributed by atoms with Crippen LogP contribution in [0.4, 0.5) is 10.5 Å². The van der Waals surface area contributed by atoms with Gasteiger partial charge in [-0.15, -0.1) is 0 Å². The van der Waals surface area contributed by atoms with Gasteiger partial charge in [0.15, 0.2) is 0 Å². The lowest BCUT2D eigenvalue weighted by atomic mass is 9.93. The smallest absolute Gasteiger partial charge is 0.319 e. The van der Waals surface area contributed by atoms with Crippen molar-refractivity contribution in [3.05, 3.63) is 122 Å². The Balaban J connectivity index is 1.23. The van der Waals surface area contributed by atoms with Crippen LogP contribution in [0.25, 0.3) is 11.1 Å². The SMILES string of the molecule is N#Cc1cccc(-c2ccc(C(CCN3CCC(NC(=O)c4cc(Cl)cc(Cl)c4)C3)CNC(=O)Nc3cc(Cl)cc(Cl)c3)cc2)c1. The Morgan fingerprint density at radius 2 is 1.54 bits per heavy atom. The third-order valence-electron chi connectivity index (χ3n) is 7.86. The maximum Gasteiger partial charge on any atom is 0.319 e. The van der Waals surface area contributed by atoms with E-state index in [2.05, 4.69) is 39.1 Å². The molecule has 3 amide bonds. The number of nitriles is 1. The van der Waals surface area contributed by atoms with Gasteiger partial charge in [-0.25, -0.2) is 4.79 Å². The molecule has 236 valence electrons. The minimum atomic E-state index is -0.363. The Hall–Kier alpha value is -3.77. The predicted molar refractivity (Wildman–Crippen MR) is 186 cm³/mol. The van der Waals surface area contributed by atoms with E-state index in [-0.39, 0.29) is 23.9 Å². The quantitative estimate of drug-likeness (QED) is 0.155. The van der Waals surface area contributed by atoms with Gasteiger partial charge in [0.25, 0.3) is 5.91 Å². The van der Waals surface area contributed by atoms with Crippen LogP contribution in [0.5, 0.6) is 0 Å². The van der Waals surface area contributed by atoms with Crippen molar-refractivity contribution in [3.63, 3.8) is 0 Å². The van der Waals surface area contributed by atoms with Crippen LogP contribution in [-0.4, -0.2) is 49.1 Å². The molecule has 3 N–H and O–H groups in total. The Labute approximate surface area is 288 Å². The zero-order valence-electron chi connectivity index (χ0n) is 24.7. The molecule has 0 aromatic heterocycles. The maximum absolute atomic E-state index is 12.8. The van der Waals surface area contributed by atoms with E-state index in [1.807, 2.05) is 30.3 Å². The van der Waals surface area contributed by atoms with E-state index in [1.165, 1.54) is 0 Å². The Morgan fingerprint density at radius 3 is 2.22 bits per heavy atom. The molecule has 2 unspecified atom stereocenters. The van der Waals surface area contributed by atoms with E-state index < -0.39 is 0 Å². The molecular weight excluding hydrogens is 664 g/mol. The second-order valence-electron chi connectivity index (χ2n) is 11.2. The van der Waals surface area contributed by atoms with Gasteiger partial charge in [-0.05, 0) is 84.6 Å². The molecule has 0 aliphatic carbocycles. The number of likely N-dealkylation sites (tertiary alicyclic amines) is 1. The van der Waals surface area contributed by atoms with Crippen LogP contribution in [0.1, 0.15) is 40.2 Å². The van der Waals surface area contributed by atoms with Crippen molar-refractivity contribution in [2.75, 3.05) is 31.5 Å². The van der Waals surface area contributed by atoms with Gasteiger partial charge in [0.1, 0.15) is 0 Å². The lowest BCUT2D eigenvalue weighted by Crippen LogP contribution is -2.37. The Kier molecular flexibility index (Phi) is 11.5. The predicted octanol–water partition coefficient (Wildman–Crippen LogP) is 8.64. The molecule has 0 spiro atoms. The lowest BCUT2D eigenvalue weighted by Gasteiger charge is -2.23. The first-order valence-electron chi connectivity index (χ1n) is 14.8. The normalized spacial score (nSPS) is 15.2. The number of benzene rings is 4. The number of rotatable bonds is 10. The number of carbonyl (C=O) groups is 2. The first-order valence-corrected chi connectivity index (χ1v) is 16.3. The van der Waals surface area contributed by atoms with Crippen LogP contribution in [0.2, 0.25) is 20.1 Å². The highest BCUT2D eigenvalue weighted by atomic mass is 35.5. The van der Waals surface area contributed by atoms with Gasteiger partial charge in [0, 0.05) is 62.9 Å². The molecule has 2 atom stereocenters. The number of urea groups is 1. The topological polar surface area (TPSA) is 97.3 Å². The van der Waals surface area contributed by atoms with E-state index in [9.17, 15) is 14.9 Å². The van der Waals surface area contributed by atoms with E-state index in [0.29, 0.717) is 50.0 Å². The third-order valence-corrected chi connectivity index (χ3v) is 8.74. The van der Waals surface area contributed by atoms with Crippen molar-refractivity contribution >= 4 is 64.0 Å². The number of carbonyl (C=O) groups excluding carboxylic acids is 2. The number of hydrogen-bond donors (Lipinski definition) is 3. The zero-order valence-corrected chi connectivity index (χ0v) is 27.7. The number of amides is 3. The fourth-order valence-corrected chi connectivity index (χ4v) is 6.62. The first kappa shape index (κ1) is 33.6. The molecule has 0 radical (unpaired) electrons. The number of anilines is 1. The van der Waals surface area contributed by atoms with E-state index >= 15 is 0 Å². The van der Waals surface area contributed by atoms with Gasteiger partial charge in [-0.1, -0.05) is 82.8 Å². The number of nitrogens with zero attached hydrogens (tertiary/aromatic N) is 2.